The second kappa shape index (κ2) is 10.9. The number of carbonyl (C=O) groups is 3. The first-order valence-corrected chi connectivity index (χ1v) is 12.1. The van der Waals surface area contributed by atoms with Crippen molar-refractivity contribution in [1.29, 1.82) is 0 Å². The Morgan fingerprint density at radius 2 is 1.46 bits per heavy atom. The predicted molar refractivity (Wildman–Crippen MR) is 135 cm³/mol. The molecule has 1 aliphatic carbocycles. The summed E-state index contributed by atoms with van der Waals surface area (Å²) in [5, 5.41) is 14.8. The van der Waals surface area contributed by atoms with Gasteiger partial charge in [-0.15, -0.1) is 0 Å². The van der Waals surface area contributed by atoms with Crippen LogP contribution in [0.1, 0.15) is 64.5 Å². The van der Waals surface area contributed by atoms with E-state index in [1.165, 1.54) is 0 Å². The van der Waals surface area contributed by atoms with Crippen molar-refractivity contribution in [2.75, 3.05) is 6.61 Å². The van der Waals surface area contributed by atoms with Gasteiger partial charge in [-0.2, -0.15) is 0 Å². The van der Waals surface area contributed by atoms with Gasteiger partial charge < -0.3 is 20.5 Å². The Bertz CT molecular complexity index is 1030. The van der Waals surface area contributed by atoms with Crippen LogP contribution in [0.15, 0.2) is 48.5 Å². The minimum Gasteiger partial charge on any atom is -0.480 e. The zero-order valence-corrected chi connectivity index (χ0v) is 21.1. The molecule has 0 bridgehead atoms. The smallest absolute Gasteiger partial charge is 0.407 e. The summed E-state index contributed by atoms with van der Waals surface area (Å²) in [6.45, 7) is 9.74. The molecule has 0 heterocycles. The van der Waals surface area contributed by atoms with Gasteiger partial charge in [0.25, 0.3) is 0 Å². The first-order valence-electron chi connectivity index (χ1n) is 12.1. The molecule has 0 saturated heterocycles. The van der Waals surface area contributed by atoms with Crippen molar-refractivity contribution in [2.45, 2.75) is 65.5 Å². The van der Waals surface area contributed by atoms with Crippen LogP contribution in [-0.2, 0) is 14.3 Å². The first-order chi connectivity index (χ1) is 16.5. The van der Waals surface area contributed by atoms with Crippen LogP contribution in [0, 0.1) is 11.3 Å². The monoisotopic (exact) mass is 480 g/mol. The van der Waals surface area contributed by atoms with Crippen LogP contribution < -0.4 is 10.6 Å². The van der Waals surface area contributed by atoms with E-state index in [4.69, 9.17) is 4.74 Å². The van der Waals surface area contributed by atoms with E-state index in [0.717, 1.165) is 22.3 Å². The molecule has 0 radical (unpaired) electrons. The SMILES string of the molecule is CC(C)C[C@H](NC(=O)OCC1c2ccccc2-c2ccccc21)C(=O)NC(CC(C)(C)C)C(=O)O. The Labute approximate surface area is 207 Å². The van der Waals surface area contributed by atoms with E-state index in [9.17, 15) is 19.5 Å². The van der Waals surface area contributed by atoms with Crippen LogP contribution in [0.3, 0.4) is 0 Å². The lowest BCUT2D eigenvalue weighted by Gasteiger charge is -2.26. The molecule has 0 saturated carbocycles. The van der Waals surface area contributed by atoms with Crippen LogP contribution >= 0.6 is 0 Å². The minimum atomic E-state index is -1.10. The van der Waals surface area contributed by atoms with E-state index in [2.05, 4.69) is 22.8 Å². The third-order valence-corrected chi connectivity index (χ3v) is 6.09. The van der Waals surface area contributed by atoms with Crippen molar-refractivity contribution in [1.82, 2.24) is 10.6 Å². The Balaban J connectivity index is 1.67. The number of hydrogen-bond acceptors (Lipinski definition) is 4. The van der Waals surface area contributed by atoms with Gasteiger partial charge in [0.05, 0.1) is 0 Å². The fourth-order valence-electron chi connectivity index (χ4n) is 4.57. The van der Waals surface area contributed by atoms with Gasteiger partial charge in [0, 0.05) is 5.92 Å². The molecule has 3 N–H and O–H groups in total. The van der Waals surface area contributed by atoms with E-state index in [-0.39, 0.29) is 30.3 Å². The molecule has 35 heavy (non-hydrogen) atoms. The number of rotatable bonds is 9. The van der Waals surface area contributed by atoms with E-state index in [1.54, 1.807) is 0 Å². The maximum Gasteiger partial charge on any atom is 0.407 e. The Morgan fingerprint density at radius 1 is 0.914 bits per heavy atom. The van der Waals surface area contributed by atoms with Gasteiger partial charge in [0.2, 0.25) is 5.91 Å². The first kappa shape index (κ1) is 26.3. The molecule has 2 atom stereocenters. The van der Waals surface area contributed by atoms with Crippen molar-refractivity contribution >= 4 is 18.0 Å². The third kappa shape index (κ3) is 6.84. The number of carboxylic acids is 1. The molecule has 1 unspecified atom stereocenters. The number of hydrogen-bond donors (Lipinski definition) is 3. The number of ether oxygens (including phenoxy) is 1. The van der Waals surface area contributed by atoms with Gasteiger partial charge in [-0.05, 0) is 46.4 Å². The van der Waals surface area contributed by atoms with E-state index in [0.29, 0.717) is 6.42 Å². The fraction of sp³-hybridized carbons (Fsp3) is 0.464. The lowest BCUT2D eigenvalue weighted by Crippen LogP contribution is -2.53. The van der Waals surface area contributed by atoms with Crippen molar-refractivity contribution in [2.24, 2.45) is 11.3 Å². The molecular weight excluding hydrogens is 444 g/mol. The van der Waals surface area contributed by atoms with Gasteiger partial charge >= 0.3 is 12.1 Å². The Morgan fingerprint density at radius 3 is 1.94 bits per heavy atom. The second-order valence-corrected chi connectivity index (χ2v) is 10.8. The summed E-state index contributed by atoms with van der Waals surface area (Å²) in [5.41, 5.74) is 4.18. The molecule has 0 aromatic heterocycles. The van der Waals surface area contributed by atoms with Crippen molar-refractivity contribution < 1.29 is 24.2 Å². The summed E-state index contributed by atoms with van der Waals surface area (Å²) in [7, 11) is 0. The number of amides is 2. The lowest BCUT2D eigenvalue weighted by atomic mass is 9.88. The topological polar surface area (TPSA) is 105 Å². The third-order valence-electron chi connectivity index (χ3n) is 6.09. The fourth-order valence-corrected chi connectivity index (χ4v) is 4.57. The molecular formula is C28H36N2O5. The van der Waals surface area contributed by atoms with E-state index >= 15 is 0 Å². The Kier molecular flexibility index (Phi) is 8.20. The highest BCUT2D eigenvalue weighted by Gasteiger charge is 2.32. The largest absolute Gasteiger partial charge is 0.480 e. The molecule has 188 valence electrons. The molecule has 0 fully saturated rings. The summed E-state index contributed by atoms with van der Waals surface area (Å²) >= 11 is 0. The van der Waals surface area contributed by atoms with E-state index < -0.39 is 30.1 Å². The molecule has 2 aromatic carbocycles. The van der Waals surface area contributed by atoms with Gasteiger partial charge in [-0.1, -0.05) is 83.1 Å². The van der Waals surface area contributed by atoms with Crippen molar-refractivity contribution in [3.05, 3.63) is 59.7 Å². The summed E-state index contributed by atoms with van der Waals surface area (Å²) < 4.78 is 5.59. The summed E-state index contributed by atoms with van der Waals surface area (Å²) in [6.07, 6.45) is -0.0685. The summed E-state index contributed by atoms with van der Waals surface area (Å²) in [4.78, 5) is 37.4. The second-order valence-electron chi connectivity index (χ2n) is 10.8. The Hall–Kier alpha value is -3.35. The number of aliphatic carboxylic acids is 1. The molecule has 2 aromatic rings. The molecule has 0 spiro atoms. The number of fused-ring (bicyclic) bond motifs is 3. The van der Waals surface area contributed by atoms with Crippen molar-refractivity contribution in [3.8, 4) is 11.1 Å². The van der Waals surface area contributed by atoms with Crippen LogP contribution in [0.25, 0.3) is 11.1 Å². The van der Waals surface area contributed by atoms with Gasteiger partial charge in [0.15, 0.2) is 0 Å². The molecule has 7 heteroatoms. The average molecular weight is 481 g/mol. The highest BCUT2D eigenvalue weighted by molar-refractivity contribution is 5.89. The number of benzene rings is 2. The summed E-state index contributed by atoms with van der Waals surface area (Å²) in [5.74, 6) is -1.61. The predicted octanol–water partition coefficient (Wildman–Crippen LogP) is 4.95. The van der Waals surface area contributed by atoms with Crippen LogP contribution in [-0.4, -0.2) is 41.8 Å². The van der Waals surface area contributed by atoms with Crippen molar-refractivity contribution in [3.63, 3.8) is 0 Å². The summed E-state index contributed by atoms with van der Waals surface area (Å²) in [6, 6.07) is 14.2. The highest BCUT2D eigenvalue weighted by atomic mass is 16.5. The molecule has 3 rings (SSSR count). The minimum absolute atomic E-state index is 0.0892. The van der Waals surface area contributed by atoms with Crippen LogP contribution in [0.2, 0.25) is 0 Å². The van der Waals surface area contributed by atoms with Gasteiger partial charge in [0.1, 0.15) is 18.7 Å². The maximum absolute atomic E-state index is 13.0. The average Bonchev–Trinajstić information content (AvgIpc) is 3.09. The quantitative estimate of drug-likeness (QED) is 0.471. The van der Waals surface area contributed by atoms with Crippen LogP contribution in [0.5, 0.6) is 0 Å². The normalized spacial score (nSPS) is 14.6. The zero-order valence-electron chi connectivity index (χ0n) is 21.1. The molecule has 2 amide bonds. The molecule has 7 nitrogen and oxygen atoms in total. The highest BCUT2D eigenvalue weighted by Crippen LogP contribution is 2.44. The lowest BCUT2D eigenvalue weighted by molar-refractivity contribution is -0.143. The standard InChI is InChI=1S/C28H36N2O5/c1-17(2)14-23(25(31)29-24(26(32)33)15-28(3,4)5)30-27(34)35-16-22-20-12-8-6-10-18(20)19-11-7-9-13-21(19)22/h6-13,17,22-24H,14-16H2,1-5H3,(H,29,31)(H,30,34)(H,32,33)/t23-,24?/m0/s1. The van der Waals surface area contributed by atoms with Gasteiger partial charge in [-0.3, -0.25) is 4.79 Å². The number of nitrogens with one attached hydrogen (secondary N) is 2. The number of carboxylic acid groups (broad SMARTS) is 1. The number of alkyl carbamates (subject to hydrolysis) is 1. The maximum atomic E-state index is 13.0. The van der Waals surface area contributed by atoms with E-state index in [1.807, 2.05) is 71.0 Å². The van der Waals surface area contributed by atoms with Crippen LogP contribution in [0.4, 0.5) is 4.79 Å². The molecule has 0 aliphatic heterocycles. The zero-order chi connectivity index (χ0) is 25.8. The van der Waals surface area contributed by atoms with Gasteiger partial charge in [-0.25, -0.2) is 9.59 Å². The number of carbonyl (C=O) groups excluding carboxylic acids is 2. The molecule has 1 aliphatic rings.